The molecular formula is C17H11BeNOS+2. The maximum atomic E-state index is 11.9. The summed E-state index contributed by atoms with van der Waals surface area (Å²) in [5.74, 6) is 0.0552. The molecule has 0 fully saturated rings. The maximum absolute atomic E-state index is 11.9. The van der Waals surface area contributed by atoms with Crippen LogP contribution in [0, 0.1) is 0 Å². The topological polar surface area (TPSA) is 37.2 Å². The quantitative estimate of drug-likeness (QED) is 0.495. The summed E-state index contributed by atoms with van der Waals surface area (Å²) < 4.78 is 1.20. The Balaban J connectivity index is 0.00000132. The molecule has 96 valence electrons. The second-order valence-corrected chi connectivity index (χ2v) is 5.74. The Morgan fingerprint density at radius 1 is 0.857 bits per heavy atom. The Kier molecular flexibility index (Phi) is 3.46. The van der Waals surface area contributed by atoms with Crippen LogP contribution in [-0.4, -0.2) is 10.1 Å². The van der Waals surface area contributed by atoms with Gasteiger partial charge in [-0.15, -0.1) is 0 Å². The van der Waals surface area contributed by atoms with Gasteiger partial charge in [-0.1, -0.05) is 59.6 Å². The van der Waals surface area contributed by atoms with Gasteiger partial charge in [0.05, 0.1) is 0 Å². The zero-order valence-electron chi connectivity index (χ0n) is 11.3. The molecule has 0 aliphatic carbocycles. The molecule has 0 atom stereocenters. The molecule has 4 heteroatoms. The number of aromatic nitrogens is 1. The molecule has 0 saturated heterocycles. The van der Waals surface area contributed by atoms with Crippen molar-refractivity contribution in [2.75, 3.05) is 0 Å². The number of fused-ring (bicyclic) bond motifs is 3. The molecule has 0 unspecified atom stereocenters. The second kappa shape index (κ2) is 5.28. The number of hydrogen-bond acceptors (Lipinski definition) is 2. The molecule has 1 N–H and O–H groups in total. The van der Waals surface area contributed by atoms with E-state index in [1.807, 2.05) is 24.3 Å². The first-order valence-corrected chi connectivity index (χ1v) is 7.24. The van der Waals surface area contributed by atoms with Gasteiger partial charge >= 0.3 is 10.1 Å². The molecule has 21 heavy (non-hydrogen) atoms. The minimum atomic E-state index is 0. The van der Waals surface area contributed by atoms with Crippen LogP contribution in [-0.2, 0) is 0 Å². The van der Waals surface area contributed by atoms with Crippen molar-refractivity contribution in [3.63, 3.8) is 0 Å². The van der Waals surface area contributed by atoms with Crippen molar-refractivity contribution in [3.05, 3.63) is 60.7 Å². The Morgan fingerprint density at radius 3 is 2.48 bits per heavy atom. The SMILES string of the molecule is [Be+2].[O-]c1ccccc1-c1[nH+]c2ccc3ccccc3c2s1. The van der Waals surface area contributed by atoms with E-state index < -0.39 is 0 Å². The number of aromatic amines is 1. The molecule has 0 saturated carbocycles. The molecule has 0 aliphatic heterocycles. The first-order chi connectivity index (χ1) is 9.83. The normalized spacial score (nSPS) is 10.7. The Morgan fingerprint density at radius 2 is 1.62 bits per heavy atom. The smallest absolute Gasteiger partial charge is 0.872 e. The summed E-state index contributed by atoms with van der Waals surface area (Å²) in [6.45, 7) is 0. The first kappa shape index (κ1) is 13.7. The molecule has 4 rings (SSSR count). The summed E-state index contributed by atoms with van der Waals surface area (Å²) in [7, 11) is 0. The van der Waals surface area contributed by atoms with Gasteiger partial charge in [-0.05, 0) is 17.5 Å². The Hall–Kier alpha value is -2.22. The van der Waals surface area contributed by atoms with Crippen molar-refractivity contribution in [2.45, 2.75) is 0 Å². The molecule has 2 nitrogen and oxygen atoms in total. The summed E-state index contributed by atoms with van der Waals surface area (Å²) >= 11 is 1.64. The summed E-state index contributed by atoms with van der Waals surface area (Å²) in [6, 6.07) is 19.6. The van der Waals surface area contributed by atoms with Gasteiger partial charge < -0.3 is 5.11 Å². The van der Waals surface area contributed by atoms with E-state index in [2.05, 4.69) is 29.2 Å². The molecule has 0 spiro atoms. The van der Waals surface area contributed by atoms with Crippen LogP contribution in [0.1, 0.15) is 0 Å². The van der Waals surface area contributed by atoms with Gasteiger partial charge in [0.1, 0.15) is 4.70 Å². The van der Waals surface area contributed by atoms with Crippen molar-refractivity contribution < 1.29 is 10.1 Å². The summed E-state index contributed by atoms with van der Waals surface area (Å²) in [5, 5.41) is 15.3. The Labute approximate surface area is 129 Å². The van der Waals surface area contributed by atoms with Crippen molar-refractivity contribution in [1.82, 2.24) is 0 Å². The van der Waals surface area contributed by atoms with Gasteiger partial charge in [-0.3, -0.25) is 0 Å². The number of rotatable bonds is 1. The van der Waals surface area contributed by atoms with Crippen LogP contribution in [0.25, 0.3) is 31.6 Å². The largest absolute Gasteiger partial charge is 2.00 e. The number of hydrogen-bond donors (Lipinski definition) is 0. The van der Waals surface area contributed by atoms with E-state index in [1.165, 1.54) is 15.5 Å². The molecule has 3 aromatic carbocycles. The molecule has 0 radical (unpaired) electrons. The van der Waals surface area contributed by atoms with Gasteiger partial charge in [0, 0.05) is 17.0 Å². The Bertz CT molecular complexity index is 932. The predicted octanol–water partition coefficient (Wildman–Crippen LogP) is 3.23. The summed E-state index contributed by atoms with van der Waals surface area (Å²) in [4.78, 5) is 3.36. The fraction of sp³-hybridized carbons (Fsp3) is 0. The first-order valence-electron chi connectivity index (χ1n) is 6.43. The molecule has 0 bridgehead atoms. The van der Waals surface area contributed by atoms with Gasteiger partial charge in [0.15, 0.2) is 0 Å². The number of nitrogens with one attached hydrogen (secondary N) is 1. The van der Waals surface area contributed by atoms with E-state index >= 15 is 0 Å². The van der Waals surface area contributed by atoms with Gasteiger partial charge in [0.25, 0.3) is 5.01 Å². The molecule has 0 amide bonds. The van der Waals surface area contributed by atoms with E-state index in [9.17, 15) is 5.11 Å². The molecule has 4 aromatic rings. The van der Waals surface area contributed by atoms with Crippen LogP contribution in [0.15, 0.2) is 60.7 Å². The fourth-order valence-electron chi connectivity index (χ4n) is 2.48. The zero-order valence-corrected chi connectivity index (χ0v) is 12.1. The minimum Gasteiger partial charge on any atom is -0.872 e. The second-order valence-electron chi connectivity index (χ2n) is 4.72. The van der Waals surface area contributed by atoms with Gasteiger partial charge in [0.2, 0.25) is 5.52 Å². The average molecular weight is 286 g/mol. The number of thiazole rings is 1. The van der Waals surface area contributed by atoms with Crippen LogP contribution in [0.3, 0.4) is 0 Å². The van der Waals surface area contributed by atoms with E-state index in [1.54, 1.807) is 23.5 Å². The molecule has 0 aliphatic rings. The maximum Gasteiger partial charge on any atom is 2.00 e. The number of benzene rings is 3. The fourth-order valence-corrected chi connectivity index (χ4v) is 3.65. The monoisotopic (exact) mass is 286 g/mol. The van der Waals surface area contributed by atoms with E-state index in [4.69, 9.17) is 0 Å². The average Bonchev–Trinajstić information content (AvgIpc) is 2.92. The van der Waals surface area contributed by atoms with Gasteiger partial charge in [-0.25, -0.2) is 0 Å². The number of para-hydroxylation sites is 1. The van der Waals surface area contributed by atoms with Crippen LogP contribution in [0.2, 0.25) is 0 Å². The molecular weight excluding hydrogens is 275 g/mol. The van der Waals surface area contributed by atoms with Crippen LogP contribution >= 0.6 is 11.3 Å². The standard InChI is InChI=1S/C17H11NOS.Be/c19-15-8-4-3-7-13(15)17-18-14-10-9-11-5-1-2-6-12(11)16(14)20-17;/h1-10,19H;/q;+2. The third kappa shape index (κ3) is 2.21. The number of H-pyrrole nitrogens is 1. The van der Waals surface area contributed by atoms with Gasteiger partial charge in [-0.2, -0.15) is 4.98 Å². The molecule has 1 aromatic heterocycles. The van der Waals surface area contributed by atoms with E-state index in [0.717, 1.165) is 16.1 Å². The van der Waals surface area contributed by atoms with Crippen LogP contribution < -0.4 is 10.1 Å². The van der Waals surface area contributed by atoms with Crippen molar-refractivity contribution in [3.8, 4) is 16.3 Å². The van der Waals surface area contributed by atoms with Crippen molar-refractivity contribution >= 4 is 42.4 Å². The molecule has 1 heterocycles. The minimum absolute atomic E-state index is 0. The van der Waals surface area contributed by atoms with Crippen LogP contribution in [0.5, 0.6) is 5.75 Å². The van der Waals surface area contributed by atoms with E-state index in [0.29, 0.717) is 0 Å². The zero-order chi connectivity index (χ0) is 13.5. The van der Waals surface area contributed by atoms with Crippen LogP contribution in [0.4, 0.5) is 0 Å². The summed E-state index contributed by atoms with van der Waals surface area (Å²) in [5.41, 5.74) is 1.81. The summed E-state index contributed by atoms with van der Waals surface area (Å²) in [6.07, 6.45) is 0. The third-order valence-electron chi connectivity index (χ3n) is 3.46. The van der Waals surface area contributed by atoms with Crippen molar-refractivity contribution in [2.24, 2.45) is 0 Å². The third-order valence-corrected chi connectivity index (χ3v) is 4.63. The van der Waals surface area contributed by atoms with E-state index in [-0.39, 0.29) is 15.9 Å². The van der Waals surface area contributed by atoms with Crippen molar-refractivity contribution in [1.29, 1.82) is 0 Å². The predicted molar refractivity (Wildman–Crippen MR) is 86.5 cm³/mol.